The molecule has 1 saturated heterocycles. The van der Waals surface area contributed by atoms with Gasteiger partial charge in [-0.3, -0.25) is 19.1 Å². The van der Waals surface area contributed by atoms with Crippen LogP contribution in [0.5, 0.6) is 11.6 Å². The molecule has 0 unspecified atom stereocenters. The summed E-state index contributed by atoms with van der Waals surface area (Å²) >= 11 is 0. The molecule has 3 saturated carbocycles. The number of pyridine rings is 1. The molecule has 1 aromatic heterocycles. The number of allylic oxidation sites excluding steroid dienone is 1. The predicted molar refractivity (Wildman–Crippen MR) is 198 cm³/mol. The van der Waals surface area contributed by atoms with Gasteiger partial charge in [-0.05, 0) is 87.4 Å². The van der Waals surface area contributed by atoms with Crippen LogP contribution in [0.4, 0.5) is 0 Å². The second-order valence-corrected chi connectivity index (χ2v) is 17.1. The van der Waals surface area contributed by atoms with Gasteiger partial charge in [-0.1, -0.05) is 43.9 Å². The number of benzene rings is 1. The Kier molecular flexibility index (Phi) is 10.6. The first-order chi connectivity index (χ1) is 25.1. The summed E-state index contributed by atoms with van der Waals surface area (Å²) in [6.07, 6.45) is 17.3. The van der Waals surface area contributed by atoms with Crippen molar-refractivity contribution in [1.82, 2.24) is 25.2 Å². The Morgan fingerprint density at radius 2 is 1.90 bits per heavy atom. The number of methoxy groups -OCH3 is 1. The summed E-state index contributed by atoms with van der Waals surface area (Å²) in [7, 11) is -2.19. The Morgan fingerprint density at radius 1 is 1.12 bits per heavy atom. The van der Waals surface area contributed by atoms with Gasteiger partial charge in [0, 0.05) is 29.5 Å². The van der Waals surface area contributed by atoms with Gasteiger partial charge < -0.3 is 25.0 Å². The Hall–Kier alpha value is -3.97. The standard InChI is InChI=1S/C39H51N5O7S/c1-3-28-23-39(28,38(47)43-52(48,49)30-15-16-30)42-35(45)32-22-29-24-44(32)37(46)34(25-12-9-7-10-13-25)40-18-11-6-4-5-8-14-27-20-31-26(21-33(27)50-2)17-19-41-36(31)51-29/h3,8,14,17,19-21,25,28-30,32,34,40H,1,4-7,9-13,15-16,18,22-24H2,2H3,(H,42,45)(H,43,47)/b14-8-/t28-,29-,32+,34+,39-/m1/s1. The molecule has 13 heteroatoms. The van der Waals surface area contributed by atoms with Gasteiger partial charge in [0.2, 0.25) is 27.7 Å². The molecule has 5 atom stereocenters. The number of fused-ring (bicyclic) bond motifs is 3. The number of ether oxygens (including phenoxy) is 2. The molecule has 3 aliphatic carbocycles. The first-order valence-electron chi connectivity index (χ1n) is 19.0. The van der Waals surface area contributed by atoms with Gasteiger partial charge in [0.15, 0.2) is 0 Å². The third kappa shape index (κ3) is 7.57. The molecule has 52 heavy (non-hydrogen) atoms. The van der Waals surface area contributed by atoms with Crippen molar-refractivity contribution in [3.05, 3.63) is 48.7 Å². The lowest BCUT2D eigenvalue weighted by Gasteiger charge is -2.35. The summed E-state index contributed by atoms with van der Waals surface area (Å²) in [5.74, 6) is -0.589. The Bertz CT molecular complexity index is 1840. The predicted octanol–water partition coefficient (Wildman–Crippen LogP) is 4.39. The number of carbonyl (C=O) groups excluding carboxylic acids is 3. The third-order valence-corrected chi connectivity index (χ3v) is 13.4. The first-order valence-corrected chi connectivity index (χ1v) is 20.5. The van der Waals surface area contributed by atoms with Crippen molar-refractivity contribution in [2.75, 3.05) is 20.2 Å². The molecular formula is C39H51N5O7S. The molecule has 0 spiro atoms. The highest BCUT2D eigenvalue weighted by Gasteiger charge is 2.62. The number of nitrogens with one attached hydrogen (secondary N) is 3. The molecule has 0 radical (unpaired) electrons. The highest BCUT2D eigenvalue weighted by atomic mass is 32.2. The van der Waals surface area contributed by atoms with Gasteiger partial charge in [-0.15, -0.1) is 6.58 Å². The average Bonchev–Trinajstić information content (AvgIpc) is 4.07. The van der Waals surface area contributed by atoms with E-state index in [0.717, 1.165) is 79.9 Å². The molecule has 280 valence electrons. The SMILES string of the molecule is C=C[C@@H]1C[C@]1(NC(=O)[C@@H]1C[C@@H]2CN1C(=O)[C@H](C1CCCCC1)NCCCCC/C=C\c1cc3c(nccc3cc1OC)O2)C(=O)NS(=O)(=O)C1CC1. The third-order valence-electron chi connectivity index (χ3n) is 11.6. The lowest BCUT2D eigenvalue weighted by molar-refractivity contribution is -0.142. The smallest absolute Gasteiger partial charge is 0.259 e. The fraction of sp³-hybridized carbons (Fsp3) is 0.590. The van der Waals surface area contributed by atoms with E-state index in [4.69, 9.17) is 9.47 Å². The van der Waals surface area contributed by atoms with Crippen molar-refractivity contribution < 1.29 is 32.3 Å². The molecular weight excluding hydrogens is 683 g/mol. The van der Waals surface area contributed by atoms with Crippen LogP contribution < -0.4 is 24.8 Å². The van der Waals surface area contributed by atoms with Gasteiger partial charge in [0.05, 0.1) is 24.9 Å². The summed E-state index contributed by atoms with van der Waals surface area (Å²) in [5.41, 5.74) is -0.554. The molecule has 7 rings (SSSR count). The van der Waals surface area contributed by atoms with Crippen molar-refractivity contribution in [2.45, 2.75) is 112 Å². The molecule has 2 aromatic rings. The minimum Gasteiger partial charge on any atom is -0.496 e. The summed E-state index contributed by atoms with van der Waals surface area (Å²) in [4.78, 5) is 48.9. The molecule has 5 aliphatic rings. The van der Waals surface area contributed by atoms with Crippen LogP contribution in [0.3, 0.4) is 0 Å². The fourth-order valence-electron chi connectivity index (χ4n) is 8.28. The maximum atomic E-state index is 14.7. The zero-order valence-corrected chi connectivity index (χ0v) is 30.8. The van der Waals surface area contributed by atoms with Crippen LogP contribution in [0.15, 0.2) is 43.1 Å². The Labute approximate surface area is 306 Å². The van der Waals surface area contributed by atoms with Gasteiger partial charge in [0.25, 0.3) is 5.91 Å². The van der Waals surface area contributed by atoms with Crippen molar-refractivity contribution in [3.63, 3.8) is 0 Å². The maximum Gasteiger partial charge on any atom is 0.259 e. The van der Waals surface area contributed by atoms with Gasteiger partial charge in [-0.25, -0.2) is 13.4 Å². The van der Waals surface area contributed by atoms with E-state index in [0.29, 0.717) is 25.3 Å². The monoisotopic (exact) mass is 733 g/mol. The van der Waals surface area contributed by atoms with Gasteiger partial charge >= 0.3 is 0 Å². The summed E-state index contributed by atoms with van der Waals surface area (Å²) in [6.45, 7) is 4.67. The lowest BCUT2D eigenvalue weighted by Crippen LogP contribution is -2.59. The van der Waals surface area contributed by atoms with E-state index in [1.54, 1.807) is 24.3 Å². The van der Waals surface area contributed by atoms with Crippen LogP contribution in [-0.4, -0.2) is 85.2 Å². The number of rotatable bonds is 8. The molecule has 4 fully saturated rings. The van der Waals surface area contributed by atoms with Gasteiger partial charge in [0.1, 0.15) is 23.4 Å². The quantitative estimate of drug-likeness (QED) is 0.335. The molecule has 2 aliphatic heterocycles. The van der Waals surface area contributed by atoms with Crippen molar-refractivity contribution in [2.24, 2.45) is 11.8 Å². The molecule has 3 heterocycles. The van der Waals surface area contributed by atoms with E-state index in [9.17, 15) is 22.8 Å². The maximum absolute atomic E-state index is 14.7. The molecule has 3 N–H and O–H groups in total. The second-order valence-electron chi connectivity index (χ2n) is 15.2. The lowest BCUT2D eigenvalue weighted by atomic mass is 9.83. The van der Waals surface area contributed by atoms with E-state index in [2.05, 4.69) is 39.1 Å². The van der Waals surface area contributed by atoms with Crippen LogP contribution in [0, 0.1) is 11.8 Å². The topological polar surface area (TPSA) is 156 Å². The highest BCUT2D eigenvalue weighted by Crippen LogP contribution is 2.46. The van der Waals surface area contributed by atoms with Crippen LogP contribution in [0.1, 0.15) is 89.0 Å². The molecule has 1 aromatic carbocycles. The first kappa shape index (κ1) is 36.4. The van der Waals surface area contributed by atoms with Crippen LogP contribution in [-0.2, 0) is 24.4 Å². The zero-order chi connectivity index (χ0) is 36.5. The van der Waals surface area contributed by atoms with Crippen LogP contribution in [0.2, 0.25) is 0 Å². The normalized spacial score (nSPS) is 29.4. The van der Waals surface area contributed by atoms with Crippen LogP contribution in [0.25, 0.3) is 16.8 Å². The highest BCUT2D eigenvalue weighted by molar-refractivity contribution is 7.91. The van der Waals surface area contributed by atoms with E-state index in [1.807, 2.05) is 18.2 Å². The summed E-state index contributed by atoms with van der Waals surface area (Å²) < 4.78 is 40.0. The Balaban J connectivity index is 1.21. The van der Waals surface area contributed by atoms with E-state index < -0.39 is 56.7 Å². The summed E-state index contributed by atoms with van der Waals surface area (Å²) in [6, 6.07) is 4.45. The van der Waals surface area contributed by atoms with Gasteiger partial charge in [-0.2, -0.15) is 0 Å². The van der Waals surface area contributed by atoms with Crippen molar-refractivity contribution in [3.8, 4) is 11.6 Å². The van der Waals surface area contributed by atoms with E-state index >= 15 is 0 Å². The van der Waals surface area contributed by atoms with Crippen molar-refractivity contribution >= 4 is 44.6 Å². The van der Waals surface area contributed by atoms with Crippen LogP contribution >= 0.6 is 0 Å². The number of carbonyl (C=O) groups is 3. The largest absolute Gasteiger partial charge is 0.496 e. The second kappa shape index (κ2) is 15.2. The number of hydrogen-bond donors (Lipinski definition) is 3. The molecule has 4 bridgehead atoms. The fourth-order valence-corrected chi connectivity index (χ4v) is 9.64. The number of hydrogen-bond acceptors (Lipinski definition) is 9. The average molecular weight is 734 g/mol. The van der Waals surface area contributed by atoms with E-state index in [1.165, 1.54) is 0 Å². The number of nitrogens with zero attached hydrogens (tertiary/aromatic N) is 2. The van der Waals surface area contributed by atoms with E-state index in [-0.39, 0.29) is 31.2 Å². The number of aromatic nitrogens is 1. The van der Waals surface area contributed by atoms with Crippen molar-refractivity contribution in [1.29, 1.82) is 0 Å². The number of sulfonamides is 1. The minimum absolute atomic E-state index is 0.143. The zero-order valence-electron chi connectivity index (χ0n) is 30.0. The molecule has 3 amide bonds. The molecule has 12 nitrogen and oxygen atoms in total. The minimum atomic E-state index is -3.84. The number of amides is 3. The summed E-state index contributed by atoms with van der Waals surface area (Å²) in [5, 5.41) is 7.59. The Morgan fingerprint density at radius 3 is 2.63 bits per heavy atom.